The molecule has 1 atom stereocenters. The molecule has 2 aromatic rings. The summed E-state index contributed by atoms with van der Waals surface area (Å²) in [6.45, 7) is 3.39. The van der Waals surface area contributed by atoms with Gasteiger partial charge in [-0.2, -0.15) is 4.31 Å². The van der Waals surface area contributed by atoms with Gasteiger partial charge in [-0.3, -0.25) is 14.6 Å². The van der Waals surface area contributed by atoms with Crippen molar-refractivity contribution in [2.75, 3.05) is 64.5 Å². The average molecular weight is 513 g/mol. The summed E-state index contributed by atoms with van der Waals surface area (Å²) in [5.41, 5.74) is 1.57. The van der Waals surface area contributed by atoms with Crippen LogP contribution in [-0.4, -0.2) is 95.1 Å². The summed E-state index contributed by atoms with van der Waals surface area (Å²) in [5.74, 6) is -1.03. The Morgan fingerprint density at radius 1 is 1.00 bits per heavy atom. The number of carbonyl (C=O) groups excluding carboxylic acids is 2. The number of ether oxygens (including phenoxy) is 2. The molecule has 36 heavy (non-hydrogen) atoms. The summed E-state index contributed by atoms with van der Waals surface area (Å²) in [4.78, 5) is 34.8. The maximum Gasteiger partial charge on any atom is 0.243 e. The maximum absolute atomic E-state index is 13.3. The van der Waals surface area contributed by atoms with E-state index in [0.29, 0.717) is 45.1 Å². The fraction of sp³-hybridized carbons (Fsp3) is 0.400. The molecule has 11 heteroatoms. The molecule has 0 aromatic heterocycles. The third-order valence-corrected chi connectivity index (χ3v) is 8.68. The first-order valence-corrected chi connectivity index (χ1v) is 13.3. The van der Waals surface area contributed by atoms with Gasteiger partial charge in [0, 0.05) is 56.7 Å². The van der Waals surface area contributed by atoms with Gasteiger partial charge < -0.3 is 19.3 Å². The number of fused-ring (bicyclic) bond motifs is 1. The second kappa shape index (κ2) is 10.00. The van der Waals surface area contributed by atoms with Gasteiger partial charge in [-0.1, -0.05) is 0 Å². The topological polar surface area (TPSA) is 109 Å². The Bertz CT molecular complexity index is 1280. The van der Waals surface area contributed by atoms with Crippen LogP contribution in [0.3, 0.4) is 0 Å². The van der Waals surface area contributed by atoms with Crippen molar-refractivity contribution in [3.8, 4) is 5.75 Å². The van der Waals surface area contributed by atoms with Gasteiger partial charge in [0.15, 0.2) is 5.78 Å². The van der Waals surface area contributed by atoms with Gasteiger partial charge in [-0.25, -0.2) is 8.42 Å². The number of ketones is 1. The van der Waals surface area contributed by atoms with E-state index in [1.54, 1.807) is 12.0 Å². The van der Waals surface area contributed by atoms with Crippen molar-refractivity contribution < 1.29 is 27.5 Å². The molecule has 3 aliphatic rings. The van der Waals surface area contributed by atoms with E-state index in [-0.39, 0.29) is 29.5 Å². The van der Waals surface area contributed by atoms with Gasteiger partial charge in [0.25, 0.3) is 0 Å². The number of carbonyl (C=O) groups is 2. The molecule has 190 valence electrons. The monoisotopic (exact) mass is 512 g/mol. The molecule has 2 fully saturated rings. The highest BCUT2D eigenvalue weighted by atomic mass is 32.2. The second-order valence-electron chi connectivity index (χ2n) is 8.83. The minimum Gasteiger partial charge on any atom is -0.497 e. The third-order valence-electron chi connectivity index (χ3n) is 6.78. The molecule has 0 aliphatic carbocycles. The maximum atomic E-state index is 13.3. The molecule has 3 heterocycles. The van der Waals surface area contributed by atoms with Crippen molar-refractivity contribution in [3.05, 3.63) is 48.0 Å². The largest absolute Gasteiger partial charge is 0.497 e. The molecule has 2 aromatic carbocycles. The van der Waals surface area contributed by atoms with Gasteiger partial charge in [-0.05, 0) is 42.5 Å². The number of amides is 1. The van der Waals surface area contributed by atoms with Crippen molar-refractivity contribution in [2.45, 2.75) is 4.90 Å². The Balaban J connectivity index is 1.28. The van der Waals surface area contributed by atoms with Crippen molar-refractivity contribution in [2.24, 2.45) is 10.9 Å². The Morgan fingerprint density at radius 3 is 2.36 bits per heavy atom. The second-order valence-corrected chi connectivity index (χ2v) is 10.8. The third kappa shape index (κ3) is 4.61. The van der Waals surface area contributed by atoms with Crippen LogP contribution in [0.25, 0.3) is 0 Å². The van der Waals surface area contributed by atoms with Gasteiger partial charge in [0.2, 0.25) is 15.9 Å². The number of nitrogens with zero attached hydrogens (tertiary/aromatic N) is 4. The highest BCUT2D eigenvalue weighted by Gasteiger charge is 2.36. The number of rotatable bonds is 5. The van der Waals surface area contributed by atoms with Crippen molar-refractivity contribution in [3.63, 3.8) is 0 Å². The van der Waals surface area contributed by atoms with Crippen LogP contribution in [0.2, 0.25) is 0 Å². The zero-order chi connectivity index (χ0) is 25.3. The number of sulfonamides is 1. The summed E-state index contributed by atoms with van der Waals surface area (Å²) in [7, 11) is -2.15. The van der Waals surface area contributed by atoms with Gasteiger partial charge >= 0.3 is 0 Å². The molecule has 3 aliphatic heterocycles. The number of Topliss-reactive ketones (excluding diaryl/α,β-unsaturated/α-hetero) is 1. The lowest BCUT2D eigenvalue weighted by molar-refractivity contribution is -0.132. The molecule has 1 unspecified atom stereocenters. The standard InChI is InChI=1S/C25H28N4O6S/c1-34-19-4-2-18(3-5-19)27-8-10-28(11-9-27)25(31)22-17-26-23-7-6-20(16-21(23)24(22)30)36(32,33)29-12-14-35-15-13-29/h2-7,16-17,22H,8-15H2,1H3. The molecule has 5 rings (SSSR count). The summed E-state index contributed by atoms with van der Waals surface area (Å²) in [6.07, 6.45) is 1.37. The quantitative estimate of drug-likeness (QED) is 0.560. The molecule has 0 radical (unpaired) electrons. The van der Waals surface area contributed by atoms with E-state index in [2.05, 4.69) is 9.89 Å². The number of morpholine rings is 1. The van der Waals surface area contributed by atoms with Crippen LogP contribution in [0.5, 0.6) is 5.75 Å². The van der Waals surface area contributed by atoms with Crippen LogP contribution in [0.15, 0.2) is 52.4 Å². The zero-order valence-corrected chi connectivity index (χ0v) is 20.8. The first kappa shape index (κ1) is 24.4. The Labute approximate surface area is 210 Å². The number of piperazine rings is 1. The van der Waals surface area contributed by atoms with Crippen LogP contribution in [0, 0.1) is 5.92 Å². The summed E-state index contributed by atoms with van der Waals surface area (Å²) < 4.78 is 37.9. The van der Waals surface area contributed by atoms with E-state index in [1.165, 1.54) is 28.7 Å². The predicted octanol–water partition coefficient (Wildman–Crippen LogP) is 1.58. The van der Waals surface area contributed by atoms with Crippen molar-refractivity contribution >= 4 is 39.3 Å². The predicted molar refractivity (Wildman–Crippen MR) is 134 cm³/mol. The molecule has 1 amide bonds. The summed E-state index contributed by atoms with van der Waals surface area (Å²) in [6, 6.07) is 12.1. The number of anilines is 1. The van der Waals surface area contributed by atoms with Gasteiger partial charge in [0.05, 0.1) is 30.9 Å². The van der Waals surface area contributed by atoms with Crippen LogP contribution in [-0.2, 0) is 19.6 Å². The smallest absolute Gasteiger partial charge is 0.243 e. The van der Waals surface area contributed by atoms with Crippen molar-refractivity contribution in [1.82, 2.24) is 9.21 Å². The van der Waals surface area contributed by atoms with E-state index >= 15 is 0 Å². The number of methoxy groups -OCH3 is 1. The number of hydrogen-bond donors (Lipinski definition) is 0. The molecule has 0 N–H and O–H groups in total. The van der Waals surface area contributed by atoms with Crippen LogP contribution < -0.4 is 9.64 Å². The number of aliphatic imine (C=N–C) groups is 1. The van der Waals surface area contributed by atoms with E-state index in [9.17, 15) is 18.0 Å². The van der Waals surface area contributed by atoms with E-state index in [0.717, 1.165) is 11.4 Å². The minimum atomic E-state index is -3.77. The van der Waals surface area contributed by atoms with Crippen LogP contribution in [0.4, 0.5) is 11.4 Å². The normalized spacial score (nSPS) is 20.8. The first-order chi connectivity index (χ1) is 17.4. The van der Waals surface area contributed by atoms with Crippen LogP contribution in [0.1, 0.15) is 10.4 Å². The Morgan fingerprint density at radius 2 is 1.69 bits per heavy atom. The molecule has 0 saturated carbocycles. The highest BCUT2D eigenvalue weighted by Crippen LogP contribution is 2.31. The van der Waals surface area contributed by atoms with Gasteiger partial charge in [-0.15, -0.1) is 0 Å². The molecular formula is C25H28N4O6S. The fourth-order valence-corrected chi connectivity index (χ4v) is 6.10. The number of hydrogen-bond acceptors (Lipinski definition) is 8. The van der Waals surface area contributed by atoms with Crippen molar-refractivity contribution in [1.29, 1.82) is 0 Å². The zero-order valence-electron chi connectivity index (χ0n) is 20.0. The van der Waals surface area contributed by atoms with Gasteiger partial charge in [0.1, 0.15) is 11.7 Å². The SMILES string of the molecule is COc1ccc(N2CCN(C(=O)C3C=Nc4ccc(S(=O)(=O)N5CCOCC5)cc4C3=O)CC2)cc1. The molecule has 0 bridgehead atoms. The van der Waals surface area contributed by atoms with E-state index in [1.807, 2.05) is 24.3 Å². The Kier molecular flexibility index (Phi) is 6.78. The average Bonchev–Trinajstić information content (AvgIpc) is 2.93. The summed E-state index contributed by atoms with van der Waals surface area (Å²) >= 11 is 0. The Hall–Kier alpha value is -3.28. The number of benzene rings is 2. The van der Waals surface area contributed by atoms with E-state index < -0.39 is 21.7 Å². The molecular weight excluding hydrogens is 484 g/mol. The summed E-state index contributed by atoms with van der Waals surface area (Å²) in [5, 5.41) is 0. The lowest BCUT2D eigenvalue weighted by Gasteiger charge is -2.37. The molecule has 2 saturated heterocycles. The lowest BCUT2D eigenvalue weighted by atomic mass is 9.93. The van der Waals surface area contributed by atoms with Crippen LogP contribution >= 0.6 is 0 Å². The molecule has 0 spiro atoms. The highest BCUT2D eigenvalue weighted by molar-refractivity contribution is 7.89. The minimum absolute atomic E-state index is 0.0212. The van der Waals surface area contributed by atoms with E-state index in [4.69, 9.17) is 9.47 Å². The lowest BCUT2D eigenvalue weighted by Crippen LogP contribution is -2.52. The molecule has 10 nitrogen and oxygen atoms in total. The first-order valence-electron chi connectivity index (χ1n) is 11.9. The fourth-order valence-electron chi connectivity index (χ4n) is 4.66.